The number of aromatic amines is 1. The summed E-state index contributed by atoms with van der Waals surface area (Å²) < 4.78 is 0. The van der Waals surface area contributed by atoms with Crippen LogP contribution in [0.15, 0.2) is 30.9 Å². The Balaban J connectivity index is 1.67. The second kappa shape index (κ2) is 5.53. The lowest BCUT2D eigenvalue weighted by atomic mass is 9.96. The van der Waals surface area contributed by atoms with Crippen molar-refractivity contribution >= 4 is 0 Å². The summed E-state index contributed by atoms with van der Waals surface area (Å²) in [4.78, 5) is 14.3. The molecule has 0 radical (unpaired) electrons. The summed E-state index contributed by atoms with van der Waals surface area (Å²) in [5.41, 5.74) is 2.66. The number of likely N-dealkylation sites (tertiary alicyclic amines) is 1. The minimum Gasteiger partial charge on any atom is -0.348 e. The van der Waals surface area contributed by atoms with Crippen molar-refractivity contribution in [2.24, 2.45) is 0 Å². The molecule has 0 aromatic carbocycles. The molecule has 1 N–H and O–H groups in total. The summed E-state index contributed by atoms with van der Waals surface area (Å²) in [6.07, 6.45) is 10.1. The predicted octanol–water partition coefficient (Wildman–Crippen LogP) is 2.49. The van der Waals surface area contributed by atoms with Crippen molar-refractivity contribution in [3.8, 4) is 0 Å². The largest absolute Gasteiger partial charge is 0.348 e. The monoisotopic (exact) mass is 256 g/mol. The molecule has 100 valence electrons. The van der Waals surface area contributed by atoms with Gasteiger partial charge in [-0.05, 0) is 43.5 Å². The van der Waals surface area contributed by atoms with Crippen LogP contribution in [0.3, 0.4) is 0 Å². The first-order valence-corrected chi connectivity index (χ1v) is 6.94. The molecule has 1 aliphatic heterocycles. The number of rotatable bonds is 3. The van der Waals surface area contributed by atoms with Crippen LogP contribution in [0.1, 0.15) is 35.7 Å². The van der Waals surface area contributed by atoms with Crippen LogP contribution in [0.25, 0.3) is 0 Å². The highest BCUT2D eigenvalue weighted by Gasteiger charge is 2.23. The molecule has 1 saturated heterocycles. The van der Waals surface area contributed by atoms with Crippen LogP contribution in [-0.4, -0.2) is 32.9 Å². The van der Waals surface area contributed by atoms with E-state index in [4.69, 9.17) is 0 Å². The van der Waals surface area contributed by atoms with Crippen molar-refractivity contribution in [1.82, 2.24) is 19.9 Å². The third-order valence-electron chi connectivity index (χ3n) is 3.94. The Kier molecular flexibility index (Phi) is 3.60. The van der Waals surface area contributed by atoms with Gasteiger partial charge in [-0.25, -0.2) is 4.98 Å². The van der Waals surface area contributed by atoms with E-state index in [-0.39, 0.29) is 0 Å². The van der Waals surface area contributed by atoms with Crippen LogP contribution >= 0.6 is 0 Å². The molecular weight excluding hydrogens is 236 g/mol. The Morgan fingerprint density at radius 1 is 1.42 bits per heavy atom. The molecule has 0 aliphatic carbocycles. The van der Waals surface area contributed by atoms with Crippen molar-refractivity contribution in [1.29, 1.82) is 0 Å². The minimum atomic E-state index is 0.547. The van der Waals surface area contributed by atoms with Gasteiger partial charge in [0, 0.05) is 43.8 Å². The van der Waals surface area contributed by atoms with E-state index in [0.29, 0.717) is 5.92 Å². The topological polar surface area (TPSA) is 44.8 Å². The molecule has 19 heavy (non-hydrogen) atoms. The SMILES string of the molecule is Cc1cnccc1CN1CCC[C@H](c2ncc[nH]2)C1. The zero-order chi connectivity index (χ0) is 13.1. The van der Waals surface area contributed by atoms with E-state index in [1.807, 2.05) is 24.8 Å². The number of aromatic nitrogens is 3. The maximum Gasteiger partial charge on any atom is 0.110 e. The number of aryl methyl sites for hydroxylation is 1. The van der Waals surface area contributed by atoms with Crippen LogP contribution in [0.2, 0.25) is 0 Å². The molecule has 1 atom stereocenters. The summed E-state index contributed by atoms with van der Waals surface area (Å²) >= 11 is 0. The Morgan fingerprint density at radius 2 is 2.37 bits per heavy atom. The van der Waals surface area contributed by atoms with E-state index in [1.165, 1.54) is 30.5 Å². The third-order valence-corrected chi connectivity index (χ3v) is 3.94. The maximum atomic E-state index is 4.41. The number of piperidine rings is 1. The van der Waals surface area contributed by atoms with Crippen LogP contribution < -0.4 is 0 Å². The summed E-state index contributed by atoms with van der Waals surface area (Å²) in [6, 6.07) is 2.13. The highest BCUT2D eigenvalue weighted by molar-refractivity contribution is 5.21. The van der Waals surface area contributed by atoms with Gasteiger partial charge in [-0.15, -0.1) is 0 Å². The molecule has 2 aromatic heterocycles. The normalized spacial score (nSPS) is 20.6. The Labute approximate surface area is 113 Å². The van der Waals surface area contributed by atoms with E-state index in [1.54, 1.807) is 0 Å². The number of H-pyrrole nitrogens is 1. The zero-order valence-corrected chi connectivity index (χ0v) is 11.3. The van der Waals surface area contributed by atoms with Gasteiger partial charge in [0.1, 0.15) is 5.82 Å². The predicted molar refractivity (Wildman–Crippen MR) is 74.8 cm³/mol. The second-order valence-corrected chi connectivity index (χ2v) is 5.35. The fourth-order valence-electron chi connectivity index (χ4n) is 2.84. The standard InChI is InChI=1S/C15H20N4/c1-12-9-16-5-4-13(12)10-19-8-2-3-14(11-19)15-17-6-7-18-15/h4-7,9,14H,2-3,8,10-11H2,1H3,(H,17,18)/t14-/m0/s1. The van der Waals surface area contributed by atoms with E-state index in [9.17, 15) is 0 Å². The van der Waals surface area contributed by atoms with Crippen molar-refractivity contribution in [2.75, 3.05) is 13.1 Å². The van der Waals surface area contributed by atoms with Crippen LogP contribution in [-0.2, 0) is 6.54 Å². The average molecular weight is 256 g/mol. The molecule has 2 aromatic rings. The van der Waals surface area contributed by atoms with E-state index >= 15 is 0 Å². The van der Waals surface area contributed by atoms with Gasteiger partial charge in [-0.1, -0.05) is 0 Å². The van der Waals surface area contributed by atoms with Crippen molar-refractivity contribution in [3.63, 3.8) is 0 Å². The highest BCUT2D eigenvalue weighted by Crippen LogP contribution is 2.25. The fraction of sp³-hybridized carbons (Fsp3) is 0.467. The van der Waals surface area contributed by atoms with Gasteiger partial charge in [0.2, 0.25) is 0 Å². The zero-order valence-electron chi connectivity index (χ0n) is 11.3. The third kappa shape index (κ3) is 2.84. The first-order chi connectivity index (χ1) is 9.33. The smallest absolute Gasteiger partial charge is 0.110 e. The molecule has 4 heteroatoms. The van der Waals surface area contributed by atoms with Gasteiger partial charge in [0.05, 0.1) is 0 Å². The maximum absolute atomic E-state index is 4.41. The van der Waals surface area contributed by atoms with Gasteiger partial charge in [0.25, 0.3) is 0 Å². The number of nitrogens with zero attached hydrogens (tertiary/aromatic N) is 3. The number of hydrogen-bond donors (Lipinski definition) is 1. The van der Waals surface area contributed by atoms with Crippen LogP contribution in [0, 0.1) is 6.92 Å². The summed E-state index contributed by atoms with van der Waals surface area (Å²) in [7, 11) is 0. The molecule has 3 rings (SSSR count). The fourth-order valence-corrected chi connectivity index (χ4v) is 2.84. The Bertz CT molecular complexity index is 521. The molecule has 0 amide bonds. The molecule has 0 bridgehead atoms. The highest BCUT2D eigenvalue weighted by atomic mass is 15.1. The second-order valence-electron chi connectivity index (χ2n) is 5.35. The lowest BCUT2D eigenvalue weighted by molar-refractivity contribution is 0.196. The molecule has 1 fully saturated rings. The summed E-state index contributed by atoms with van der Waals surface area (Å²) in [6.45, 7) is 5.43. The molecule has 0 unspecified atom stereocenters. The number of pyridine rings is 1. The van der Waals surface area contributed by atoms with Gasteiger partial charge < -0.3 is 4.98 Å². The number of hydrogen-bond acceptors (Lipinski definition) is 3. The van der Waals surface area contributed by atoms with Crippen molar-refractivity contribution in [2.45, 2.75) is 32.2 Å². The van der Waals surface area contributed by atoms with Gasteiger partial charge in [0.15, 0.2) is 0 Å². The molecular formula is C15H20N4. The van der Waals surface area contributed by atoms with Crippen molar-refractivity contribution in [3.05, 3.63) is 47.8 Å². The molecule has 0 spiro atoms. The first-order valence-electron chi connectivity index (χ1n) is 6.94. The van der Waals surface area contributed by atoms with Gasteiger partial charge in [-0.2, -0.15) is 0 Å². The molecule has 3 heterocycles. The van der Waals surface area contributed by atoms with Crippen LogP contribution in [0.4, 0.5) is 0 Å². The van der Waals surface area contributed by atoms with E-state index in [2.05, 4.69) is 32.8 Å². The minimum absolute atomic E-state index is 0.547. The van der Waals surface area contributed by atoms with E-state index in [0.717, 1.165) is 18.9 Å². The lowest BCUT2D eigenvalue weighted by Crippen LogP contribution is -2.34. The van der Waals surface area contributed by atoms with Gasteiger partial charge in [-0.3, -0.25) is 9.88 Å². The van der Waals surface area contributed by atoms with E-state index < -0.39 is 0 Å². The number of nitrogens with one attached hydrogen (secondary N) is 1. The number of imidazole rings is 1. The van der Waals surface area contributed by atoms with Crippen molar-refractivity contribution < 1.29 is 0 Å². The molecule has 4 nitrogen and oxygen atoms in total. The lowest BCUT2D eigenvalue weighted by Gasteiger charge is -2.32. The Morgan fingerprint density at radius 3 is 3.16 bits per heavy atom. The molecule has 1 aliphatic rings. The first kappa shape index (κ1) is 12.4. The summed E-state index contributed by atoms with van der Waals surface area (Å²) in [5.74, 6) is 1.68. The Hall–Kier alpha value is -1.68. The molecule has 0 saturated carbocycles. The van der Waals surface area contributed by atoms with Gasteiger partial charge >= 0.3 is 0 Å². The van der Waals surface area contributed by atoms with Crippen LogP contribution in [0.5, 0.6) is 0 Å². The average Bonchev–Trinajstić information content (AvgIpc) is 2.96. The quantitative estimate of drug-likeness (QED) is 0.917. The summed E-state index contributed by atoms with van der Waals surface area (Å²) in [5, 5.41) is 0.